The molecule has 6 heteroatoms. The third kappa shape index (κ3) is 6.41. The van der Waals surface area contributed by atoms with Crippen LogP contribution in [0.2, 0.25) is 0 Å². The standard InChI is InChI=1S/C29H37FN2O3/c1-2-26(23-10-5-3-6-11-23)28(34)32-19-9-16-29(21-32,20-27(33)31-17-7-4-8-18-31)22-35-25-14-12-24(30)13-15-25/h3,5-6,10-15,26H,2,4,7-9,16-22H2,1H3/t26-,29+/m1/s1. The van der Waals surface area contributed by atoms with Gasteiger partial charge < -0.3 is 14.5 Å². The summed E-state index contributed by atoms with van der Waals surface area (Å²) in [4.78, 5) is 30.9. The van der Waals surface area contributed by atoms with Crippen molar-refractivity contribution in [3.05, 3.63) is 66.0 Å². The molecule has 0 radical (unpaired) electrons. The van der Waals surface area contributed by atoms with Gasteiger partial charge in [0.1, 0.15) is 11.6 Å². The van der Waals surface area contributed by atoms with E-state index in [9.17, 15) is 14.0 Å². The molecular formula is C29H37FN2O3. The number of nitrogens with zero attached hydrogens (tertiary/aromatic N) is 2. The maximum Gasteiger partial charge on any atom is 0.230 e. The summed E-state index contributed by atoms with van der Waals surface area (Å²) in [6.45, 7) is 5.17. The lowest BCUT2D eigenvalue weighted by Gasteiger charge is -2.44. The molecular weight excluding hydrogens is 443 g/mol. The summed E-state index contributed by atoms with van der Waals surface area (Å²) in [5.74, 6) is 0.346. The number of rotatable bonds is 8. The van der Waals surface area contributed by atoms with Crippen molar-refractivity contribution >= 4 is 11.8 Å². The van der Waals surface area contributed by atoms with Gasteiger partial charge in [0.25, 0.3) is 0 Å². The lowest BCUT2D eigenvalue weighted by molar-refractivity contribution is -0.143. The van der Waals surface area contributed by atoms with E-state index in [0.717, 1.165) is 50.8 Å². The number of hydrogen-bond acceptors (Lipinski definition) is 3. The minimum atomic E-state index is -0.466. The van der Waals surface area contributed by atoms with E-state index >= 15 is 0 Å². The SMILES string of the molecule is CC[C@@H](C(=O)N1CCC[C@](COc2ccc(F)cc2)(CC(=O)N2CCCCC2)C1)c1ccccc1. The van der Waals surface area contributed by atoms with Crippen molar-refractivity contribution in [1.82, 2.24) is 9.80 Å². The molecule has 35 heavy (non-hydrogen) atoms. The van der Waals surface area contributed by atoms with Gasteiger partial charge in [-0.3, -0.25) is 9.59 Å². The van der Waals surface area contributed by atoms with Crippen molar-refractivity contribution in [2.75, 3.05) is 32.8 Å². The number of carbonyl (C=O) groups excluding carboxylic acids is 2. The topological polar surface area (TPSA) is 49.9 Å². The van der Waals surface area contributed by atoms with Gasteiger partial charge in [0, 0.05) is 38.0 Å². The Morgan fingerprint density at radius 1 is 0.943 bits per heavy atom. The summed E-state index contributed by atoms with van der Waals surface area (Å²) in [5, 5.41) is 0. The van der Waals surface area contributed by atoms with Crippen molar-refractivity contribution in [2.45, 2.75) is 57.8 Å². The molecule has 2 aliphatic heterocycles. The van der Waals surface area contributed by atoms with Crippen molar-refractivity contribution in [1.29, 1.82) is 0 Å². The largest absolute Gasteiger partial charge is 0.493 e. The Balaban J connectivity index is 1.53. The van der Waals surface area contributed by atoms with Crippen LogP contribution in [-0.4, -0.2) is 54.4 Å². The van der Waals surface area contributed by atoms with E-state index in [4.69, 9.17) is 4.74 Å². The minimum absolute atomic E-state index is 0.120. The number of amides is 2. The Morgan fingerprint density at radius 2 is 1.63 bits per heavy atom. The highest BCUT2D eigenvalue weighted by Gasteiger charge is 2.42. The molecule has 0 unspecified atom stereocenters. The lowest BCUT2D eigenvalue weighted by atomic mass is 9.76. The van der Waals surface area contributed by atoms with Gasteiger partial charge in [0.2, 0.25) is 11.8 Å². The van der Waals surface area contributed by atoms with E-state index in [1.54, 1.807) is 12.1 Å². The van der Waals surface area contributed by atoms with Crippen LogP contribution in [0.5, 0.6) is 5.75 Å². The second-order valence-electron chi connectivity index (χ2n) is 10.1. The fourth-order valence-electron chi connectivity index (χ4n) is 5.51. The Morgan fingerprint density at radius 3 is 2.31 bits per heavy atom. The van der Waals surface area contributed by atoms with Gasteiger partial charge in [-0.2, -0.15) is 0 Å². The number of carbonyl (C=O) groups is 2. The van der Waals surface area contributed by atoms with Crippen molar-refractivity contribution in [3.8, 4) is 5.75 Å². The first-order valence-corrected chi connectivity index (χ1v) is 13.0. The van der Waals surface area contributed by atoms with Crippen LogP contribution in [0.3, 0.4) is 0 Å². The predicted molar refractivity (Wildman–Crippen MR) is 135 cm³/mol. The number of piperidine rings is 2. The number of benzene rings is 2. The highest BCUT2D eigenvalue weighted by molar-refractivity contribution is 5.84. The van der Waals surface area contributed by atoms with Gasteiger partial charge in [0.15, 0.2) is 0 Å². The Kier molecular flexibility index (Phi) is 8.42. The summed E-state index contributed by atoms with van der Waals surface area (Å²) in [7, 11) is 0. The van der Waals surface area contributed by atoms with E-state index in [2.05, 4.69) is 0 Å². The first-order valence-electron chi connectivity index (χ1n) is 13.0. The average Bonchev–Trinajstić information content (AvgIpc) is 2.90. The molecule has 2 fully saturated rings. The van der Waals surface area contributed by atoms with E-state index in [-0.39, 0.29) is 23.5 Å². The van der Waals surface area contributed by atoms with Crippen LogP contribution in [0.4, 0.5) is 4.39 Å². The summed E-state index contributed by atoms with van der Waals surface area (Å²) in [6, 6.07) is 15.9. The third-order valence-electron chi connectivity index (χ3n) is 7.48. The van der Waals surface area contributed by atoms with Crippen LogP contribution in [0.25, 0.3) is 0 Å². The Labute approximate surface area is 208 Å². The van der Waals surface area contributed by atoms with Gasteiger partial charge in [-0.05, 0) is 68.4 Å². The van der Waals surface area contributed by atoms with Gasteiger partial charge >= 0.3 is 0 Å². The first kappa shape index (κ1) is 25.2. The Hall–Kier alpha value is -2.89. The molecule has 0 aliphatic carbocycles. The highest BCUT2D eigenvalue weighted by atomic mass is 19.1. The molecule has 0 N–H and O–H groups in total. The van der Waals surface area contributed by atoms with Gasteiger partial charge in [0.05, 0.1) is 12.5 Å². The molecule has 188 valence electrons. The van der Waals surface area contributed by atoms with Crippen LogP contribution < -0.4 is 4.74 Å². The number of halogens is 1. The van der Waals surface area contributed by atoms with Crippen molar-refractivity contribution in [3.63, 3.8) is 0 Å². The predicted octanol–water partition coefficient (Wildman–Crippen LogP) is 5.41. The van der Waals surface area contributed by atoms with Crippen molar-refractivity contribution < 1.29 is 18.7 Å². The molecule has 4 rings (SSSR count). The first-order chi connectivity index (χ1) is 17.0. The maximum atomic E-state index is 13.7. The number of likely N-dealkylation sites (tertiary alicyclic amines) is 2. The average molecular weight is 481 g/mol. The normalized spacial score (nSPS) is 21.4. The number of ether oxygens (including phenoxy) is 1. The summed E-state index contributed by atoms with van der Waals surface area (Å²) < 4.78 is 19.5. The van der Waals surface area contributed by atoms with Crippen molar-refractivity contribution in [2.24, 2.45) is 5.41 Å². The van der Waals surface area contributed by atoms with Gasteiger partial charge in [-0.1, -0.05) is 37.3 Å². The molecule has 2 saturated heterocycles. The fourth-order valence-corrected chi connectivity index (χ4v) is 5.51. The number of hydrogen-bond donors (Lipinski definition) is 0. The molecule has 0 spiro atoms. The molecule has 2 aliphatic rings. The zero-order valence-corrected chi connectivity index (χ0v) is 20.8. The second kappa shape index (κ2) is 11.7. The molecule has 0 saturated carbocycles. The van der Waals surface area contributed by atoms with Gasteiger partial charge in [-0.15, -0.1) is 0 Å². The Bertz CT molecular complexity index is 975. The van der Waals surface area contributed by atoms with E-state index in [0.29, 0.717) is 31.9 Å². The fraction of sp³-hybridized carbons (Fsp3) is 0.517. The molecule has 2 atom stereocenters. The van der Waals surface area contributed by atoms with E-state index in [1.165, 1.54) is 18.6 Å². The van der Waals surface area contributed by atoms with E-state index in [1.807, 2.05) is 47.1 Å². The smallest absolute Gasteiger partial charge is 0.230 e. The van der Waals surface area contributed by atoms with E-state index < -0.39 is 5.41 Å². The van der Waals surface area contributed by atoms with Crippen LogP contribution in [-0.2, 0) is 9.59 Å². The zero-order valence-electron chi connectivity index (χ0n) is 20.8. The van der Waals surface area contributed by atoms with Crippen LogP contribution in [0, 0.1) is 11.2 Å². The molecule has 2 aromatic carbocycles. The molecule has 2 aromatic rings. The minimum Gasteiger partial charge on any atom is -0.493 e. The molecule has 0 aromatic heterocycles. The summed E-state index contributed by atoms with van der Waals surface area (Å²) in [6.07, 6.45) is 6.00. The molecule has 2 amide bonds. The lowest BCUT2D eigenvalue weighted by Crippen LogP contribution is -2.52. The van der Waals surface area contributed by atoms with Gasteiger partial charge in [-0.25, -0.2) is 4.39 Å². The molecule has 0 bridgehead atoms. The second-order valence-corrected chi connectivity index (χ2v) is 10.1. The quantitative estimate of drug-likeness (QED) is 0.508. The zero-order chi connectivity index (χ0) is 24.7. The maximum absolute atomic E-state index is 13.7. The molecule has 2 heterocycles. The monoisotopic (exact) mass is 480 g/mol. The summed E-state index contributed by atoms with van der Waals surface area (Å²) >= 11 is 0. The molecule has 5 nitrogen and oxygen atoms in total. The highest BCUT2D eigenvalue weighted by Crippen LogP contribution is 2.37. The third-order valence-corrected chi connectivity index (χ3v) is 7.48. The van der Waals surface area contributed by atoms with Crippen LogP contribution >= 0.6 is 0 Å². The summed E-state index contributed by atoms with van der Waals surface area (Å²) in [5.41, 5.74) is 0.564. The van der Waals surface area contributed by atoms with Crippen LogP contribution in [0.1, 0.15) is 63.4 Å². The van der Waals surface area contributed by atoms with Crippen LogP contribution in [0.15, 0.2) is 54.6 Å².